The second-order valence-corrected chi connectivity index (χ2v) is 7.87. The number of hydrogen-bond acceptors (Lipinski definition) is 8. The average Bonchev–Trinajstić information content (AvgIpc) is 3.35. The normalized spacial score (nSPS) is 15.8. The van der Waals surface area contributed by atoms with Crippen molar-refractivity contribution in [1.29, 1.82) is 0 Å². The summed E-state index contributed by atoms with van der Waals surface area (Å²) in [5, 5.41) is 0. The third kappa shape index (κ3) is 8.29. The number of aldehydes is 1. The topological polar surface area (TPSA) is 133 Å². The molecular formula is C25H42N6O2. The second kappa shape index (κ2) is 15.2. The van der Waals surface area contributed by atoms with Gasteiger partial charge in [0, 0.05) is 19.6 Å². The molecule has 0 radical (unpaired) electrons. The maximum Gasteiger partial charge on any atom is 0.172 e. The molecule has 1 spiro atoms. The number of benzene rings is 1. The monoisotopic (exact) mass is 458 g/mol. The van der Waals surface area contributed by atoms with Gasteiger partial charge in [-0.1, -0.05) is 38.8 Å². The smallest absolute Gasteiger partial charge is 0.172 e. The fraction of sp³-hybridized carbons (Fsp3) is 0.560. The lowest BCUT2D eigenvalue weighted by Gasteiger charge is -2.40. The number of hydrogen-bond donors (Lipinski definition) is 3. The van der Waals surface area contributed by atoms with E-state index >= 15 is 0 Å². The predicted octanol–water partition coefficient (Wildman–Crippen LogP) is 3.79. The molecule has 1 aliphatic heterocycles. The molecule has 1 aromatic carbocycles. The number of aromatic nitrogens is 2. The molecule has 8 heteroatoms. The van der Waals surface area contributed by atoms with Crippen LogP contribution in [0.2, 0.25) is 0 Å². The Morgan fingerprint density at radius 3 is 2.12 bits per heavy atom. The van der Waals surface area contributed by atoms with Crippen molar-refractivity contribution in [3.63, 3.8) is 0 Å². The predicted molar refractivity (Wildman–Crippen MR) is 137 cm³/mol. The molecule has 2 aromatic rings. The Hall–Kier alpha value is -2.71. The highest BCUT2D eigenvalue weighted by Crippen LogP contribution is 2.46. The first kappa shape index (κ1) is 28.3. The SMILES string of the molecule is CC.CN.COc1ccc(CN)cc1.Nc1cnc(C=O)c(N2CCC3(CCCC3)CC2)n1. The summed E-state index contributed by atoms with van der Waals surface area (Å²) >= 11 is 0. The van der Waals surface area contributed by atoms with E-state index in [-0.39, 0.29) is 0 Å². The quantitative estimate of drug-likeness (QED) is 0.589. The van der Waals surface area contributed by atoms with E-state index in [1.54, 1.807) is 7.11 Å². The van der Waals surface area contributed by atoms with Crippen LogP contribution in [0.25, 0.3) is 0 Å². The number of carbonyl (C=O) groups excluding carboxylic acids is 1. The number of anilines is 2. The number of nitrogens with zero attached hydrogens (tertiary/aromatic N) is 3. The molecule has 184 valence electrons. The van der Waals surface area contributed by atoms with Crippen molar-refractivity contribution in [2.45, 2.75) is 58.9 Å². The highest BCUT2D eigenvalue weighted by atomic mass is 16.5. The van der Waals surface area contributed by atoms with Crippen LogP contribution < -0.4 is 26.8 Å². The number of nitrogens with two attached hydrogens (primary N) is 3. The maximum absolute atomic E-state index is 11.1. The zero-order chi connectivity index (χ0) is 24.7. The van der Waals surface area contributed by atoms with Crippen LogP contribution in [0.4, 0.5) is 11.6 Å². The van der Waals surface area contributed by atoms with Gasteiger partial charge in [0.25, 0.3) is 0 Å². The van der Waals surface area contributed by atoms with Crippen molar-refractivity contribution in [2.24, 2.45) is 16.9 Å². The minimum atomic E-state index is 0.377. The molecule has 0 unspecified atom stereocenters. The van der Waals surface area contributed by atoms with E-state index in [0.29, 0.717) is 29.3 Å². The Kier molecular flexibility index (Phi) is 13.0. The lowest BCUT2D eigenvalue weighted by atomic mass is 9.77. The number of piperidine rings is 1. The summed E-state index contributed by atoms with van der Waals surface area (Å²) < 4.78 is 4.97. The van der Waals surface area contributed by atoms with Gasteiger partial charge in [-0.15, -0.1) is 0 Å². The van der Waals surface area contributed by atoms with E-state index in [1.165, 1.54) is 51.8 Å². The Balaban J connectivity index is 0.000000330. The summed E-state index contributed by atoms with van der Waals surface area (Å²) in [6.45, 7) is 6.50. The van der Waals surface area contributed by atoms with E-state index in [0.717, 1.165) is 30.7 Å². The first-order valence-electron chi connectivity index (χ1n) is 11.8. The Morgan fingerprint density at radius 1 is 1.06 bits per heavy atom. The van der Waals surface area contributed by atoms with Crippen molar-refractivity contribution in [3.05, 3.63) is 41.7 Å². The van der Waals surface area contributed by atoms with Crippen LogP contribution in [0.15, 0.2) is 30.5 Å². The van der Waals surface area contributed by atoms with Crippen molar-refractivity contribution in [1.82, 2.24) is 9.97 Å². The van der Waals surface area contributed by atoms with Crippen LogP contribution >= 0.6 is 0 Å². The van der Waals surface area contributed by atoms with Crippen LogP contribution in [0.5, 0.6) is 5.75 Å². The van der Waals surface area contributed by atoms with Gasteiger partial charge in [-0.2, -0.15) is 0 Å². The summed E-state index contributed by atoms with van der Waals surface area (Å²) in [5.74, 6) is 1.90. The Morgan fingerprint density at radius 2 is 1.64 bits per heavy atom. The standard InChI is InChI=1S/C14H20N4O.C8H11NO.C2H6.CH5N/c15-12-9-16-11(10-19)13(17-12)18-7-5-14(6-8-18)3-1-2-4-14;1-10-8-4-2-7(6-9)3-5-8;2*1-2/h9-10H,1-8H2,(H2,15,17);2-5H,6,9H2,1H3;1-2H3;2H2,1H3. The number of carbonyl (C=O) groups is 1. The summed E-state index contributed by atoms with van der Waals surface area (Å²) in [4.78, 5) is 21.6. The summed E-state index contributed by atoms with van der Waals surface area (Å²) in [7, 11) is 3.15. The minimum absolute atomic E-state index is 0.377. The molecule has 33 heavy (non-hydrogen) atoms. The molecule has 2 fully saturated rings. The maximum atomic E-state index is 11.1. The Bertz CT molecular complexity index is 774. The molecule has 4 rings (SSSR count). The zero-order valence-corrected chi connectivity index (χ0v) is 20.7. The lowest BCUT2D eigenvalue weighted by molar-refractivity contribution is 0.111. The second-order valence-electron chi connectivity index (χ2n) is 7.87. The van der Waals surface area contributed by atoms with Crippen molar-refractivity contribution in [2.75, 3.05) is 37.9 Å². The van der Waals surface area contributed by atoms with Crippen molar-refractivity contribution >= 4 is 17.9 Å². The number of rotatable bonds is 4. The number of methoxy groups -OCH3 is 1. The zero-order valence-electron chi connectivity index (χ0n) is 20.7. The number of nitrogen functional groups attached to an aromatic ring is 1. The molecule has 1 saturated carbocycles. The van der Waals surface area contributed by atoms with E-state index < -0.39 is 0 Å². The van der Waals surface area contributed by atoms with E-state index in [9.17, 15) is 4.79 Å². The van der Waals surface area contributed by atoms with Crippen molar-refractivity contribution < 1.29 is 9.53 Å². The number of ether oxygens (including phenoxy) is 1. The van der Waals surface area contributed by atoms with Gasteiger partial charge < -0.3 is 26.8 Å². The van der Waals surface area contributed by atoms with Crippen LogP contribution in [0.1, 0.15) is 68.4 Å². The third-order valence-corrected chi connectivity index (χ3v) is 6.09. The first-order chi connectivity index (χ1) is 16.1. The van der Waals surface area contributed by atoms with Gasteiger partial charge in [0.15, 0.2) is 12.1 Å². The fourth-order valence-electron chi connectivity index (χ4n) is 4.30. The largest absolute Gasteiger partial charge is 0.497 e. The Labute approximate surface area is 198 Å². The van der Waals surface area contributed by atoms with Gasteiger partial charge in [0.05, 0.1) is 13.3 Å². The fourth-order valence-corrected chi connectivity index (χ4v) is 4.30. The molecule has 6 N–H and O–H groups in total. The molecule has 1 aromatic heterocycles. The van der Waals surface area contributed by atoms with Crippen LogP contribution in [0, 0.1) is 5.41 Å². The molecule has 8 nitrogen and oxygen atoms in total. The molecule has 2 heterocycles. The third-order valence-electron chi connectivity index (χ3n) is 6.09. The molecule has 0 amide bonds. The highest BCUT2D eigenvalue weighted by molar-refractivity contribution is 5.80. The lowest BCUT2D eigenvalue weighted by Crippen LogP contribution is -2.40. The molecular weight excluding hydrogens is 416 g/mol. The summed E-state index contributed by atoms with van der Waals surface area (Å²) in [6.07, 6.45) is 10.1. The van der Waals surface area contributed by atoms with Gasteiger partial charge in [0.2, 0.25) is 0 Å². The van der Waals surface area contributed by atoms with Gasteiger partial charge in [0.1, 0.15) is 17.3 Å². The van der Waals surface area contributed by atoms with Gasteiger partial charge in [-0.05, 0) is 55.8 Å². The molecule has 0 bridgehead atoms. The summed E-state index contributed by atoms with van der Waals surface area (Å²) in [6, 6.07) is 7.72. The molecule has 0 atom stereocenters. The van der Waals surface area contributed by atoms with Crippen LogP contribution in [-0.2, 0) is 6.54 Å². The van der Waals surface area contributed by atoms with Gasteiger partial charge >= 0.3 is 0 Å². The highest BCUT2D eigenvalue weighted by Gasteiger charge is 2.37. The van der Waals surface area contributed by atoms with Crippen molar-refractivity contribution in [3.8, 4) is 5.75 Å². The van der Waals surface area contributed by atoms with Crippen LogP contribution in [0.3, 0.4) is 0 Å². The first-order valence-corrected chi connectivity index (χ1v) is 11.8. The van der Waals surface area contributed by atoms with Crippen LogP contribution in [-0.4, -0.2) is 43.5 Å². The molecule has 2 aliphatic rings. The summed E-state index contributed by atoms with van der Waals surface area (Å²) in [5.41, 5.74) is 17.7. The molecule has 1 saturated heterocycles. The average molecular weight is 459 g/mol. The van der Waals surface area contributed by atoms with Gasteiger partial charge in [-0.3, -0.25) is 4.79 Å². The molecule has 1 aliphatic carbocycles. The van der Waals surface area contributed by atoms with Gasteiger partial charge in [-0.25, -0.2) is 9.97 Å². The van der Waals surface area contributed by atoms with E-state index in [1.807, 2.05) is 38.1 Å². The minimum Gasteiger partial charge on any atom is -0.497 e. The van der Waals surface area contributed by atoms with E-state index in [4.69, 9.17) is 16.2 Å². The van der Waals surface area contributed by atoms with E-state index in [2.05, 4.69) is 20.6 Å².